The molecule has 4 heteroatoms. The van der Waals surface area contributed by atoms with E-state index in [0.717, 1.165) is 12.2 Å². The largest absolute Gasteiger partial charge is 0.398 e. The molecule has 0 spiro atoms. The van der Waals surface area contributed by atoms with Crippen molar-refractivity contribution in [2.75, 3.05) is 24.2 Å². The van der Waals surface area contributed by atoms with E-state index in [-0.39, 0.29) is 6.10 Å². The third kappa shape index (κ3) is 3.14. The molecule has 3 N–H and O–H groups in total. The van der Waals surface area contributed by atoms with Crippen LogP contribution in [0.5, 0.6) is 0 Å². The Balaban J connectivity index is 2.74. The summed E-state index contributed by atoms with van der Waals surface area (Å²) in [7, 11) is 1.93. The first-order valence-corrected chi connectivity index (χ1v) is 5.23. The van der Waals surface area contributed by atoms with Crippen LogP contribution in [0.25, 0.3) is 0 Å². The van der Waals surface area contributed by atoms with Crippen LogP contribution in [0.4, 0.5) is 11.4 Å². The fourth-order valence-electron chi connectivity index (χ4n) is 1.40. The van der Waals surface area contributed by atoms with Crippen molar-refractivity contribution in [3.8, 4) is 6.07 Å². The Hall–Kier alpha value is -1.73. The summed E-state index contributed by atoms with van der Waals surface area (Å²) in [6.45, 7) is 2.52. The Bertz CT molecular complexity index is 396. The van der Waals surface area contributed by atoms with Gasteiger partial charge in [-0.25, -0.2) is 0 Å². The molecule has 0 amide bonds. The van der Waals surface area contributed by atoms with Crippen LogP contribution >= 0.6 is 0 Å². The molecule has 4 nitrogen and oxygen atoms in total. The zero-order valence-corrected chi connectivity index (χ0v) is 9.64. The lowest BCUT2D eigenvalue weighted by Crippen LogP contribution is -2.21. The van der Waals surface area contributed by atoms with Crippen molar-refractivity contribution in [3.05, 3.63) is 23.8 Å². The molecular weight excluding hydrogens is 202 g/mol. The number of anilines is 2. The molecule has 1 rings (SSSR count). The Labute approximate surface area is 95.9 Å². The zero-order valence-electron chi connectivity index (χ0n) is 9.64. The van der Waals surface area contributed by atoms with Gasteiger partial charge >= 0.3 is 0 Å². The first-order chi connectivity index (χ1) is 7.54. The van der Waals surface area contributed by atoms with Crippen LogP contribution in [0.1, 0.15) is 18.9 Å². The Morgan fingerprint density at radius 1 is 1.56 bits per heavy atom. The average molecular weight is 219 g/mol. The molecular formula is C12H17N3O. The van der Waals surface area contributed by atoms with E-state index in [1.54, 1.807) is 19.1 Å². The van der Waals surface area contributed by atoms with E-state index in [1.165, 1.54) is 0 Å². The molecule has 0 bridgehead atoms. The molecule has 1 unspecified atom stereocenters. The monoisotopic (exact) mass is 219 g/mol. The van der Waals surface area contributed by atoms with Gasteiger partial charge in [-0.15, -0.1) is 0 Å². The maximum atomic E-state index is 9.19. The van der Waals surface area contributed by atoms with Gasteiger partial charge < -0.3 is 15.7 Å². The van der Waals surface area contributed by atoms with Crippen molar-refractivity contribution < 1.29 is 5.11 Å². The van der Waals surface area contributed by atoms with Crippen molar-refractivity contribution in [3.63, 3.8) is 0 Å². The highest BCUT2D eigenvalue weighted by molar-refractivity contribution is 5.63. The van der Waals surface area contributed by atoms with Crippen LogP contribution in [-0.2, 0) is 0 Å². The van der Waals surface area contributed by atoms with Gasteiger partial charge in [0, 0.05) is 19.3 Å². The van der Waals surface area contributed by atoms with Gasteiger partial charge in [-0.3, -0.25) is 0 Å². The number of nitriles is 1. The van der Waals surface area contributed by atoms with E-state index >= 15 is 0 Å². The van der Waals surface area contributed by atoms with Crippen molar-refractivity contribution >= 4 is 11.4 Å². The molecule has 0 saturated carbocycles. The molecule has 0 fully saturated rings. The van der Waals surface area contributed by atoms with Crippen LogP contribution < -0.4 is 10.6 Å². The molecule has 0 saturated heterocycles. The molecule has 1 atom stereocenters. The molecule has 0 heterocycles. The van der Waals surface area contributed by atoms with Gasteiger partial charge in [0.1, 0.15) is 6.07 Å². The van der Waals surface area contributed by atoms with Gasteiger partial charge in [0.05, 0.1) is 17.4 Å². The van der Waals surface area contributed by atoms with E-state index in [0.29, 0.717) is 17.7 Å². The average Bonchev–Trinajstić information content (AvgIpc) is 2.25. The molecule has 1 aromatic rings. The van der Waals surface area contributed by atoms with Crippen LogP contribution in [0.2, 0.25) is 0 Å². The molecule has 86 valence electrons. The Morgan fingerprint density at radius 3 is 2.75 bits per heavy atom. The third-order valence-corrected chi connectivity index (χ3v) is 2.48. The van der Waals surface area contributed by atoms with Gasteiger partial charge in [0.2, 0.25) is 0 Å². The van der Waals surface area contributed by atoms with E-state index in [4.69, 9.17) is 11.0 Å². The third-order valence-electron chi connectivity index (χ3n) is 2.48. The van der Waals surface area contributed by atoms with E-state index in [9.17, 15) is 5.11 Å². The lowest BCUT2D eigenvalue weighted by molar-refractivity contribution is 0.187. The number of nitrogens with two attached hydrogens (primary N) is 1. The van der Waals surface area contributed by atoms with Crippen molar-refractivity contribution in [1.29, 1.82) is 5.26 Å². The molecule has 16 heavy (non-hydrogen) atoms. The van der Waals surface area contributed by atoms with E-state index in [1.807, 2.05) is 24.1 Å². The number of aliphatic hydroxyl groups excluding tert-OH is 1. The summed E-state index contributed by atoms with van der Waals surface area (Å²) >= 11 is 0. The zero-order chi connectivity index (χ0) is 12.1. The van der Waals surface area contributed by atoms with Crippen molar-refractivity contribution in [1.82, 2.24) is 0 Å². The topological polar surface area (TPSA) is 73.3 Å². The predicted molar refractivity (Wildman–Crippen MR) is 65.1 cm³/mol. The van der Waals surface area contributed by atoms with Gasteiger partial charge in [-0.2, -0.15) is 5.26 Å². The van der Waals surface area contributed by atoms with Gasteiger partial charge in [0.15, 0.2) is 0 Å². The SMILES string of the molecule is CC(O)CCN(C)c1ccc(C#N)c(N)c1. The molecule has 0 aliphatic rings. The van der Waals surface area contributed by atoms with E-state index < -0.39 is 0 Å². The number of nitrogen functional groups attached to an aromatic ring is 1. The number of rotatable bonds is 4. The van der Waals surface area contributed by atoms with Crippen LogP contribution in [0.3, 0.4) is 0 Å². The maximum Gasteiger partial charge on any atom is 0.101 e. The number of benzene rings is 1. The molecule has 0 aromatic heterocycles. The fraction of sp³-hybridized carbons (Fsp3) is 0.417. The summed E-state index contributed by atoms with van der Waals surface area (Å²) in [5.41, 5.74) is 7.67. The minimum absolute atomic E-state index is 0.307. The summed E-state index contributed by atoms with van der Waals surface area (Å²) in [5.74, 6) is 0. The van der Waals surface area contributed by atoms with Gasteiger partial charge in [0.25, 0.3) is 0 Å². The number of hydrogen-bond acceptors (Lipinski definition) is 4. The summed E-state index contributed by atoms with van der Waals surface area (Å²) in [4.78, 5) is 2.00. The second kappa shape index (κ2) is 5.38. The summed E-state index contributed by atoms with van der Waals surface area (Å²) in [5, 5.41) is 17.9. The van der Waals surface area contributed by atoms with Crippen molar-refractivity contribution in [2.24, 2.45) is 0 Å². The van der Waals surface area contributed by atoms with Crippen LogP contribution in [0, 0.1) is 11.3 Å². The second-order valence-electron chi connectivity index (χ2n) is 3.94. The van der Waals surface area contributed by atoms with Gasteiger partial charge in [-0.05, 0) is 31.5 Å². The standard InChI is InChI=1S/C12H17N3O/c1-9(16)5-6-15(2)11-4-3-10(8-13)12(14)7-11/h3-4,7,9,16H,5-6,14H2,1-2H3. The quantitative estimate of drug-likeness (QED) is 0.750. The Morgan fingerprint density at radius 2 is 2.25 bits per heavy atom. The number of hydrogen-bond donors (Lipinski definition) is 2. The molecule has 0 aliphatic carbocycles. The minimum Gasteiger partial charge on any atom is -0.398 e. The number of nitrogens with zero attached hydrogens (tertiary/aromatic N) is 2. The second-order valence-corrected chi connectivity index (χ2v) is 3.94. The van der Waals surface area contributed by atoms with Gasteiger partial charge in [-0.1, -0.05) is 0 Å². The smallest absolute Gasteiger partial charge is 0.101 e. The minimum atomic E-state index is -0.307. The first kappa shape index (κ1) is 12.3. The Kier molecular flexibility index (Phi) is 4.15. The normalized spacial score (nSPS) is 11.9. The number of aliphatic hydroxyl groups is 1. The highest BCUT2D eigenvalue weighted by atomic mass is 16.3. The summed E-state index contributed by atoms with van der Waals surface area (Å²) < 4.78 is 0. The fourth-order valence-corrected chi connectivity index (χ4v) is 1.40. The molecule has 1 aromatic carbocycles. The lowest BCUT2D eigenvalue weighted by atomic mass is 10.1. The molecule has 0 radical (unpaired) electrons. The summed E-state index contributed by atoms with van der Waals surface area (Å²) in [6, 6.07) is 7.38. The predicted octanol–water partition coefficient (Wildman–Crippen LogP) is 1.35. The maximum absolute atomic E-state index is 9.19. The first-order valence-electron chi connectivity index (χ1n) is 5.23. The summed E-state index contributed by atoms with van der Waals surface area (Å²) in [6.07, 6.45) is 0.398. The highest BCUT2D eigenvalue weighted by Gasteiger charge is 2.05. The van der Waals surface area contributed by atoms with E-state index in [2.05, 4.69) is 0 Å². The lowest BCUT2D eigenvalue weighted by Gasteiger charge is -2.20. The van der Waals surface area contributed by atoms with Crippen LogP contribution in [0.15, 0.2) is 18.2 Å². The van der Waals surface area contributed by atoms with Crippen molar-refractivity contribution in [2.45, 2.75) is 19.4 Å². The highest BCUT2D eigenvalue weighted by Crippen LogP contribution is 2.20. The molecule has 0 aliphatic heterocycles. The van der Waals surface area contributed by atoms with Crippen LogP contribution in [-0.4, -0.2) is 24.8 Å².